The van der Waals surface area contributed by atoms with E-state index in [1.807, 2.05) is 0 Å². The molecule has 1 aliphatic rings. The first-order valence-corrected chi connectivity index (χ1v) is 4.67. The lowest BCUT2D eigenvalue weighted by atomic mass is 10.0. The second-order valence-corrected chi connectivity index (χ2v) is 3.40. The first-order chi connectivity index (χ1) is 8.79. The van der Waals surface area contributed by atoms with E-state index in [9.17, 15) is 35.6 Å². The van der Waals surface area contributed by atoms with Crippen molar-refractivity contribution in [1.29, 1.82) is 0 Å². The van der Waals surface area contributed by atoms with Crippen molar-refractivity contribution in [3.8, 4) is 0 Å². The molecule has 0 spiro atoms. The smallest absolute Gasteiger partial charge is 0.294 e. The average molecular weight is 284 g/mol. The van der Waals surface area contributed by atoms with Gasteiger partial charge in [-0.25, -0.2) is 0 Å². The van der Waals surface area contributed by atoms with Gasteiger partial charge in [0.2, 0.25) is 0 Å². The van der Waals surface area contributed by atoms with Crippen LogP contribution in [0, 0.1) is 30.3 Å². The summed E-state index contributed by atoms with van der Waals surface area (Å²) >= 11 is 0. The monoisotopic (exact) mass is 284 g/mol. The van der Waals surface area contributed by atoms with E-state index in [0.717, 1.165) is 0 Å². The highest BCUT2D eigenvalue weighted by molar-refractivity contribution is 4.85. The zero-order valence-electron chi connectivity index (χ0n) is 9.06. The van der Waals surface area contributed by atoms with E-state index in [2.05, 4.69) is 14.5 Å². The van der Waals surface area contributed by atoms with Gasteiger partial charge in [-0.15, -0.1) is 30.3 Å². The number of hydrogen-bond acceptors (Lipinski definition) is 11. The van der Waals surface area contributed by atoms with Gasteiger partial charge in [-0.2, -0.15) is 5.06 Å². The van der Waals surface area contributed by atoms with Crippen molar-refractivity contribution < 1.29 is 35.0 Å². The summed E-state index contributed by atoms with van der Waals surface area (Å²) in [6.07, 6.45) is -4.97. The first kappa shape index (κ1) is 14.6. The zero-order chi connectivity index (χ0) is 14.6. The fraction of sp³-hybridized carbons (Fsp3) is 1.00. The molecule has 0 amide bonds. The van der Waals surface area contributed by atoms with Gasteiger partial charge in [-0.05, 0) is 0 Å². The SMILES string of the molecule is O=[N+]([O-])OC1CN(O)CC(O[N+](=O)[O-])C1O[N+](=O)[O-]. The molecule has 0 aliphatic carbocycles. The highest BCUT2D eigenvalue weighted by Gasteiger charge is 2.44. The number of piperidine rings is 1. The van der Waals surface area contributed by atoms with E-state index in [-0.39, 0.29) is 0 Å². The Balaban J connectivity index is 2.87. The van der Waals surface area contributed by atoms with Crippen LogP contribution in [0.1, 0.15) is 0 Å². The molecule has 0 aromatic rings. The van der Waals surface area contributed by atoms with Gasteiger partial charge in [-0.3, -0.25) is 0 Å². The maximum absolute atomic E-state index is 10.3. The topological polar surface area (TPSA) is 181 Å². The van der Waals surface area contributed by atoms with E-state index in [0.29, 0.717) is 5.06 Å². The molecule has 0 aromatic carbocycles. The van der Waals surface area contributed by atoms with E-state index in [4.69, 9.17) is 0 Å². The summed E-state index contributed by atoms with van der Waals surface area (Å²) in [5.41, 5.74) is 0. The van der Waals surface area contributed by atoms with Crippen LogP contribution in [0.3, 0.4) is 0 Å². The van der Waals surface area contributed by atoms with Gasteiger partial charge in [-0.1, -0.05) is 0 Å². The van der Waals surface area contributed by atoms with Crippen molar-refractivity contribution in [1.82, 2.24) is 5.06 Å². The minimum atomic E-state index is -1.73. The van der Waals surface area contributed by atoms with Gasteiger partial charge in [0.1, 0.15) is 0 Å². The van der Waals surface area contributed by atoms with Crippen LogP contribution < -0.4 is 0 Å². The highest BCUT2D eigenvalue weighted by Crippen LogP contribution is 2.20. The summed E-state index contributed by atoms with van der Waals surface area (Å²) < 4.78 is 0. The van der Waals surface area contributed by atoms with Crippen molar-refractivity contribution in [2.45, 2.75) is 18.3 Å². The van der Waals surface area contributed by atoms with Gasteiger partial charge in [0.05, 0.1) is 13.1 Å². The molecule has 0 aromatic heterocycles. The van der Waals surface area contributed by atoms with Gasteiger partial charge in [0, 0.05) is 0 Å². The Morgan fingerprint density at radius 2 is 1.26 bits per heavy atom. The molecule has 2 atom stereocenters. The van der Waals surface area contributed by atoms with Gasteiger partial charge >= 0.3 is 0 Å². The van der Waals surface area contributed by atoms with Crippen molar-refractivity contribution in [2.75, 3.05) is 13.1 Å². The summed E-state index contributed by atoms with van der Waals surface area (Å²) in [4.78, 5) is 42.9. The number of rotatable bonds is 6. The Kier molecular flexibility index (Phi) is 4.54. The standard InChI is InChI=1S/C5H8N4O10/c10-6-1-3(17-7(11)12)5(19-9(15)16)4(2-6)18-8(13)14/h3-5,10H,1-2H2. The molecule has 19 heavy (non-hydrogen) atoms. The van der Waals surface area contributed by atoms with Crippen LogP contribution in [0.2, 0.25) is 0 Å². The normalized spacial score (nSPS) is 27.3. The van der Waals surface area contributed by atoms with Crippen LogP contribution in [-0.4, -0.2) is 56.9 Å². The molecule has 14 heteroatoms. The minimum Gasteiger partial charge on any atom is -0.314 e. The quantitative estimate of drug-likeness (QED) is 0.439. The van der Waals surface area contributed by atoms with Crippen LogP contribution in [0.15, 0.2) is 0 Å². The zero-order valence-corrected chi connectivity index (χ0v) is 9.06. The Morgan fingerprint density at radius 3 is 1.58 bits per heavy atom. The molecule has 1 aliphatic heterocycles. The van der Waals surface area contributed by atoms with Crippen LogP contribution in [0.4, 0.5) is 0 Å². The Hall–Kier alpha value is -2.48. The molecule has 2 unspecified atom stereocenters. The molecule has 14 nitrogen and oxygen atoms in total. The van der Waals surface area contributed by atoms with E-state index in [1.165, 1.54) is 0 Å². The highest BCUT2D eigenvalue weighted by atomic mass is 17.0. The summed E-state index contributed by atoms with van der Waals surface area (Å²) in [6.45, 7) is -1.03. The van der Waals surface area contributed by atoms with Crippen LogP contribution in [0.5, 0.6) is 0 Å². The molecule has 1 fully saturated rings. The lowest BCUT2D eigenvalue weighted by Gasteiger charge is -2.36. The van der Waals surface area contributed by atoms with Gasteiger partial charge in [0.25, 0.3) is 15.3 Å². The Labute approximate surface area is 103 Å². The Bertz CT molecular complexity index is 349. The third kappa shape index (κ3) is 4.36. The molecule has 1 rings (SSSR count). The predicted octanol–water partition coefficient (Wildman–Crippen LogP) is -1.58. The van der Waals surface area contributed by atoms with Crippen molar-refractivity contribution in [3.05, 3.63) is 30.3 Å². The number of hydrogen-bond donors (Lipinski definition) is 1. The van der Waals surface area contributed by atoms with E-state index < -0.39 is 46.7 Å². The summed E-state index contributed by atoms with van der Waals surface area (Å²) in [6, 6.07) is 0. The van der Waals surface area contributed by atoms with Crippen LogP contribution in [0.25, 0.3) is 0 Å². The van der Waals surface area contributed by atoms with Crippen LogP contribution >= 0.6 is 0 Å². The second kappa shape index (κ2) is 5.91. The van der Waals surface area contributed by atoms with Crippen molar-refractivity contribution in [2.24, 2.45) is 0 Å². The average Bonchev–Trinajstić information content (AvgIpc) is 2.20. The second-order valence-electron chi connectivity index (χ2n) is 3.40. The number of hydroxylamine groups is 2. The van der Waals surface area contributed by atoms with Crippen molar-refractivity contribution in [3.63, 3.8) is 0 Å². The molecular formula is C5H8N4O10. The fourth-order valence-corrected chi connectivity index (χ4v) is 1.58. The minimum absolute atomic E-state index is 0.433. The lowest BCUT2D eigenvalue weighted by molar-refractivity contribution is -0.819. The molecule has 0 saturated carbocycles. The van der Waals surface area contributed by atoms with E-state index in [1.54, 1.807) is 0 Å². The third-order valence-corrected chi connectivity index (χ3v) is 2.16. The molecular weight excluding hydrogens is 276 g/mol. The Morgan fingerprint density at radius 1 is 0.895 bits per heavy atom. The summed E-state index contributed by atoms with van der Waals surface area (Å²) in [5, 5.41) is 36.6. The van der Waals surface area contributed by atoms with Gasteiger partial charge in [0.15, 0.2) is 18.3 Å². The van der Waals surface area contributed by atoms with Crippen molar-refractivity contribution >= 4 is 0 Å². The number of nitrogens with zero attached hydrogens (tertiary/aromatic N) is 4. The van der Waals surface area contributed by atoms with Gasteiger partial charge < -0.3 is 19.7 Å². The first-order valence-electron chi connectivity index (χ1n) is 4.67. The molecule has 108 valence electrons. The molecule has 0 radical (unpaired) electrons. The predicted molar refractivity (Wildman–Crippen MR) is 49.0 cm³/mol. The molecule has 1 N–H and O–H groups in total. The molecule has 1 saturated heterocycles. The fourth-order valence-electron chi connectivity index (χ4n) is 1.58. The molecule has 1 heterocycles. The largest absolute Gasteiger partial charge is 0.314 e. The maximum Gasteiger partial charge on any atom is 0.294 e. The summed E-state index contributed by atoms with van der Waals surface area (Å²) in [7, 11) is 0. The summed E-state index contributed by atoms with van der Waals surface area (Å²) in [5.74, 6) is 0. The van der Waals surface area contributed by atoms with Crippen LogP contribution in [-0.2, 0) is 14.5 Å². The third-order valence-electron chi connectivity index (χ3n) is 2.16. The molecule has 0 bridgehead atoms. The maximum atomic E-state index is 10.3. The van der Waals surface area contributed by atoms with E-state index >= 15 is 0 Å². The lowest BCUT2D eigenvalue weighted by Crippen LogP contribution is -2.58.